The topological polar surface area (TPSA) is 106 Å². The molecule has 2 fully saturated rings. The Bertz CT molecular complexity index is 1260. The van der Waals surface area contributed by atoms with E-state index < -0.39 is 30.2 Å². The first-order chi connectivity index (χ1) is 17.8. The molecule has 38 heavy (non-hydrogen) atoms. The van der Waals surface area contributed by atoms with Crippen LogP contribution in [-0.2, 0) is 11.3 Å². The summed E-state index contributed by atoms with van der Waals surface area (Å²) in [5.74, 6) is -2.27. The summed E-state index contributed by atoms with van der Waals surface area (Å²) in [6.07, 6.45) is 0.485. The van der Waals surface area contributed by atoms with E-state index in [-0.39, 0.29) is 22.4 Å². The third-order valence-corrected chi connectivity index (χ3v) is 7.79. The molecule has 0 spiro atoms. The number of benzene rings is 2. The van der Waals surface area contributed by atoms with E-state index >= 15 is 0 Å². The van der Waals surface area contributed by atoms with Crippen molar-refractivity contribution in [2.45, 2.75) is 64.5 Å². The van der Waals surface area contributed by atoms with Crippen LogP contribution in [0.25, 0.3) is 0 Å². The van der Waals surface area contributed by atoms with Crippen LogP contribution in [0.15, 0.2) is 42.5 Å². The number of nitrogens with one attached hydrogen (secondary N) is 3. The number of hydrogen-bond donors (Lipinski definition) is 3. The van der Waals surface area contributed by atoms with E-state index in [1.54, 1.807) is 54.3 Å². The molecule has 1 aliphatic carbocycles. The van der Waals surface area contributed by atoms with Gasteiger partial charge in [0.2, 0.25) is 5.91 Å². The van der Waals surface area contributed by atoms with Gasteiger partial charge in [0.1, 0.15) is 16.5 Å². The molecule has 3 N–H and O–H groups in total. The number of halogens is 2. The van der Waals surface area contributed by atoms with E-state index in [1.807, 2.05) is 13.8 Å². The molecule has 0 atom stereocenters. The first-order valence-corrected chi connectivity index (χ1v) is 13.4. The standard InChI is InChI=1S/C28H32F2N4O3S/c1-17(2)24(31)38-25(32)18-8-10-21(11-9-18)37-22-13-19(26(36)33-27(3)15-28(29,30)16-27)6-7-20(22)14-34-12-4-5-23(34)35/h6-11,13,17,31-32H,4-5,12,14-16H2,1-3H3,(H,33,36). The highest BCUT2D eigenvalue weighted by molar-refractivity contribution is 8.26. The fraction of sp³-hybridized carbons (Fsp3) is 0.429. The number of nitrogens with zero attached hydrogens (tertiary/aromatic N) is 1. The molecule has 202 valence electrons. The lowest BCUT2D eigenvalue weighted by atomic mass is 9.75. The minimum Gasteiger partial charge on any atom is -0.457 e. The van der Waals surface area contributed by atoms with E-state index in [9.17, 15) is 18.4 Å². The van der Waals surface area contributed by atoms with Crippen molar-refractivity contribution >= 4 is 33.7 Å². The first-order valence-electron chi connectivity index (χ1n) is 12.6. The lowest BCUT2D eigenvalue weighted by Crippen LogP contribution is -2.60. The summed E-state index contributed by atoms with van der Waals surface area (Å²) >= 11 is 1.10. The number of alkyl halides is 2. The molecule has 0 unspecified atom stereocenters. The van der Waals surface area contributed by atoms with Gasteiger partial charge in [-0.25, -0.2) is 8.78 Å². The van der Waals surface area contributed by atoms with Gasteiger partial charge in [-0.3, -0.25) is 20.4 Å². The molecule has 0 radical (unpaired) electrons. The Hall–Kier alpha value is -3.27. The SMILES string of the molecule is CC(C)C(=N)SC(=N)c1ccc(Oc2cc(C(=O)NC3(C)CC(F)(F)C3)ccc2CN2CCCC2=O)cc1. The van der Waals surface area contributed by atoms with E-state index in [1.165, 1.54) is 0 Å². The third-order valence-electron chi connectivity index (χ3n) is 6.66. The second-order valence-electron chi connectivity index (χ2n) is 10.5. The molecule has 2 aliphatic rings. The van der Waals surface area contributed by atoms with E-state index in [2.05, 4.69) is 5.32 Å². The van der Waals surface area contributed by atoms with E-state index in [4.69, 9.17) is 15.6 Å². The Morgan fingerprint density at radius 2 is 1.79 bits per heavy atom. The molecule has 0 bridgehead atoms. The molecular formula is C28H32F2N4O3S. The average Bonchev–Trinajstić information content (AvgIpc) is 3.23. The fourth-order valence-electron chi connectivity index (χ4n) is 4.61. The van der Waals surface area contributed by atoms with E-state index in [0.717, 1.165) is 23.7 Å². The molecule has 2 amide bonds. The quantitative estimate of drug-likeness (QED) is 0.272. The van der Waals surface area contributed by atoms with Gasteiger partial charge in [0.15, 0.2) is 0 Å². The minimum atomic E-state index is -2.77. The van der Waals surface area contributed by atoms with Crippen LogP contribution in [0.1, 0.15) is 67.9 Å². The summed E-state index contributed by atoms with van der Waals surface area (Å²) in [6, 6.07) is 11.8. The van der Waals surface area contributed by atoms with Crippen molar-refractivity contribution in [1.29, 1.82) is 10.8 Å². The Morgan fingerprint density at radius 1 is 1.13 bits per heavy atom. The van der Waals surface area contributed by atoms with Gasteiger partial charge in [0.25, 0.3) is 11.8 Å². The number of carbonyl (C=O) groups excluding carboxylic acids is 2. The van der Waals surface area contributed by atoms with Gasteiger partial charge in [0, 0.05) is 60.5 Å². The molecule has 10 heteroatoms. The van der Waals surface area contributed by atoms with Crippen LogP contribution < -0.4 is 10.1 Å². The Morgan fingerprint density at radius 3 is 2.37 bits per heavy atom. The van der Waals surface area contributed by atoms with Crippen LogP contribution in [0.3, 0.4) is 0 Å². The van der Waals surface area contributed by atoms with Crippen LogP contribution in [0.4, 0.5) is 8.78 Å². The van der Waals surface area contributed by atoms with Crippen LogP contribution >= 0.6 is 11.8 Å². The largest absolute Gasteiger partial charge is 0.457 e. The molecular weight excluding hydrogens is 510 g/mol. The number of amides is 2. The molecule has 4 rings (SSSR count). The van der Waals surface area contributed by atoms with Gasteiger partial charge >= 0.3 is 0 Å². The lowest BCUT2D eigenvalue weighted by Gasteiger charge is -2.45. The van der Waals surface area contributed by atoms with Gasteiger partial charge in [-0.2, -0.15) is 0 Å². The van der Waals surface area contributed by atoms with Crippen molar-refractivity contribution in [3.8, 4) is 11.5 Å². The second-order valence-corrected chi connectivity index (χ2v) is 11.6. The first kappa shape index (κ1) is 27.8. The molecule has 1 aliphatic heterocycles. The summed E-state index contributed by atoms with van der Waals surface area (Å²) in [4.78, 5) is 26.9. The second kappa shape index (κ2) is 10.8. The number of ether oxygens (including phenoxy) is 1. The lowest BCUT2D eigenvalue weighted by molar-refractivity contribution is -0.128. The highest BCUT2D eigenvalue weighted by atomic mass is 32.2. The summed E-state index contributed by atoms with van der Waals surface area (Å²) in [5.41, 5.74) is 0.673. The molecule has 1 saturated carbocycles. The summed E-state index contributed by atoms with van der Waals surface area (Å²) < 4.78 is 33.0. The maximum Gasteiger partial charge on any atom is 0.252 e. The van der Waals surface area contributed by atoms with Crippen LogP contribution in [0.2, 0.25) is 0 Å². The van der Waals surface area contributed by atoms with Crippen molar-refractivity contribution in [2.75, 3.05) is 6.54 Å². The smallest absolute Gasteiger partial charge is 0.252 e. The number of likely N-dealkylation sites (tertiary alicyclic amines) is 1. The summed E-state index contributed by atoms with van der Waals surface area (Å²) in [5, 5.41) is 19.6. The van der Waals surface area contributed by atoms with Gasteiger partial charge in [-0.05, 0) is 49.7 Å². The molecule has 0 aromatic heterocycles. The third kappa shape index (κ3) is 6.59. The zero-order chi connectivity index (χ0) is 27.7. The summed E-state index contributed by atoms with van der Waals surface area (Å²) in [7, 11) is 0. The maximum absolute atomic E-state index is 13.4. The van der Waals surface area contributed by atoms with Crippen LogP contribution in [0, 0.1) is 16.7 Å². The fourth-order valence-corrected chi connectivity index (χ4v) is 5.32. The minimum absolute atomic E-state index is 0.0386. The highest BCUT2D eigenvalue weighted by Crippen LogP contribution is 2.45. The zero-order valence-electron chi connectivity index (χ0n) is 21.7. The molecule has 2 aromatic rings. The van der Waals surface area contributed by atoms with Gasteiger partial charge in [-0.1, -0.05) is 31.7 Å². The van der Waals surface area contributed by atoms with Crippen molar-refractivity contribution in [3.05, 3.63) is 59.2 Å². The average molecular weight is 543 g/mol. The van der Waals surface area contributed by atoms with Gasteiger partial charge in [0.05, 0.1) is 5.04 Å². The highest BCUT2D eigenvalue weighted by Gasteiger charge is 2.54. The monoisotopic (exact) mass is 542 g/mol. The normalized spacial score (nSPS) is 17.7. The Labute approximate surface area is 225 Å². The van der Waals surface area contributed by atoms with Crippen LogP contribution in [-0.4, -0.2) is 44.8 Å². The number of hydrogen-bond acceptors (Lipinski definition) is 6. The van der Waals surface area contributed by atoms with Gasteiger partial charge < -0.3 is 15.0 Å². The Kier molecular flexibility index (Phi) is 7.92. The van der Waals surface area contributed by atoms with E-state index in [0.29, 0.717) is 41.6 Å². The number of carbonyl (C=O) groups is 2. The number of thioether (sulfide) groups is 1. The predicted molar refractivity (Wildman–Crippen MR) is 145 cm³/mol. The molecule has 1 saturated heterocycles. The Balaban J connectivity index is 1.54. The summed E-state index contributed by atoms with van der Waals surface area (Å²) in [6.45, 7) is 6.39. The van der Waals surface area contributed by atoms with Crippen molar-refractivity contribution in [2.24, 2.45) is 5.92 Å². The maximum atomic E-state index is 13.4. The van der Waals surface area contributed by atoms with Gasteiger partial charge in [-0.15, -0.1) is 0 Å². The van der Waals surface area contributed by atoms with Crippen molar-refractivity contribution in [1.82, 2.24) is 10.2 Å². The number of rotatable bonds is 8. The molecule has 1 heterocycles. The molecule has 7 nitrogen and oxygen atoms in total. The van der Waals surface area contributed by atoms with Crippen LogP contribution in [0.5, 0.6) is 11.5 Å². The zero-order valence-corrected chi connectivity index (χ0v) is 22.5. The van der Waals surface area contributed by atoms with Crippen molar-refractivity contribution in [3.63, 3.8) is 0 Å². The predicted octanol–water partition coefficient (Wildman–Crippen LogP) is 6.21. The van der Waals surface area contributed by atoms with Crippen molar-refractivity contribution < 1.29 is 23.1 Å². The molecule has 2 aromatic carbocycles.